The normalized spacial score (nSPS) is 12.0. The van der Waals surface area contributed by atoms with Gasteiger partial charge in [-0.1, -0.05) is 30.7 Å². The van der Waals surface area contributed by atoms with Gasteiger partial charge in [0.05, 0.1) is 22.6 Å². The second kappa shape index (κ2) is 6.62. The molecule has 1 amide bonds. The Morgan fingerprint density at radius 3 is 2.68 bits per heavy atom. The summed E-state index contributed by atoms with van der Waals surface area (Å²) in [4.78, 5) is 23.2. The van der Waals surface area contributed by atoms with Gasteiger partial charge in [-0.25, -0.2) is 9.48 Å². The largest absolute Gasteiger partial charge is 0.449 e. The summed E-state index contributed by atoms with van der Waals surface area (Å²) in [5, 5.41) is 4.73. The molecule has 116 valence electrons. The molecule has 0 aliphatic heterocycles. The molecule has 0 saturated carbocycles. The van der Waals surface area contributed by atoms with Crippen molar-refractivity contribution < 1.29 is 14.3 Å². The number of hydrogen-bond donors (Lipinski definition) is 1. The lowest BCUT2D eigenvalue weighted by Gasteiger charge is -2.11. The average Bonchev–Trinajstić information content (AvgIpc) is 2.91. The minimum atomic E-state index is -0.999. The lowest BCUT2D eigenvalue weighted by Crippen LogP contribution is -2.30. The standard InChI is InChI=1S/C15H16ClN3O3/c1-3-12-10(15(21)22-9(2)14(17)20)8-18-19(12)13-7-5-4-6-11(13)16/h4-9H,3H2,1-2H3,(H2,17,20). The first-order valence-electron chi connectivity index (χ1n) is 6.77. The monoisotopic (exact) mass is 321 g/mol. The van der Waals surface area contributed by atoms with E-state index >= 15 is 0 Å². The molecule has 1 unspecified atom stereocenters. The van der Waals surface area contributed by atoms with Crippen LogP contribution in [0.1, 0.15) is 29.9 Å². The Kier molecular flexibility index (Phi) is 4.82. The van der Waals surface area contributed by atoms with E-state index in [1.54, 1.807) is 16.8 Å². The van der Waals surface area contributed by atoms with Crippen LogP contribution >= 0.6 is 11.6 Å². The van der Waals surface area contributed by atoms with Gasteiger partial charge in [0.25, 0.3) is 5.91 Å². The Bertz CT molecular complexity index is 712. The SMILES string of the molecule is CCc1c(C(=O)OC(C)C(N)=O)cnn1-c1ccccc1Cl. The number of carbonyl (C=O) groups is 2. The van der Waals surface area contributed by atoms with Crippen molar-refractivity contribution in [2.75, 3.05) is 0 Å². The number of halogens is 1. The zero-order chi connectivity index (χ0) is 16.3. The van der Waals surface area contributed by atoms with Crippen LogP contribution in [0.3, 0.4) is 0 Å². The molecule has 22 heavy (non-hydrogen) atoms. The molecule has 7 heteroatoms. The molecule has 0 spiro atoms. The average molecular weight is 322 g/mol. The van der Waals surface area contributed by atoms with Crippen LogP contribution in [0.2, 0.25) is 5.02 Å². The highest BCUT2D eigenvalue weighted by Gasteiger charge is 2.22. The third-order valence-electron chi connectivity index (χ3n) is 3.19. The zero-order valence-corrected chi connectivity index (χ0v) is 13.0. The van der Waals surface area contributed by atoms with Crippen molar-refractivity contribution in [3.8, 4) is 5.69 Å². The summed E-state index contributed by atoms with van der Waals surface area (Å²) >= 11 is 6.16. The third kappa shape index (κ3) is 3.12. The number of nitrogens with two attached hydrogens (primary N) is 1. The molecule has 0 aliphatic rings. The molecule has 0 aliphatic carbocycles. The Labute approximate surface area is 132 Å². The van der Waals surface area contributed by atoms with Gasteiger partial charge in [-0.3, -0.25) is 4.79 Å². The van der Waals surface area contributed by atoms with Crippen molar-refractivity contribution in [2.24, 2.45) is 5.73 Å². The second-order valence-electron chi connectivity index (χ2n) is 4.67. The number of hydrogen-bond acceptors (Lipinski definition) is 4. The van der Waals surface area contributed by atoms with Gasteiger partial charge >= 0.3 is 5.97 Å². The first kappa shape index (κ1) is 16.0. The van der Waals surface area contributed by atoms with Crippen molar-refractivity contribution in [2.45, 2.75) is 26.4 Å². The summed E-state index contributed by atoms with van der Waals surface area (Å²) < 4.78 is 6.61. The predicted octanol–water partition coefficient (Wildman–Crippen LogP) is 2.12. The summed E-state index contributed by atoms with van der Waals surface area (Å²) in [6.45, 7) is 3.31. The number of aromatic nitrogens is 2. The number of nitrogens with zero attached hydrogens (tertiary/aromatic N) is 2. The van der Waals surface area contributed by atoms with Gasteiger partial charge in [0.1, 0.15) is 5.56 Å². The Balaban J connectivity index is 2.38. The zero-order valence-electron chi connectivity index (χ0n) is 12.2. The Morgan fingerprint density at radius 1 is 1.41 bits per heavy atom. The number of primary amides is 1. The van der Waals surface area contributed by atoms with E-state index in [9.17, 15) is 9.59 Å². The maximum Gasteiger partial charge on any atom is 0.342 e. The van der Waals surface area contributed by atoms with E-state index in [2.05, 4.69) is 5.10 Å². The predicted molar refractivity (Wildman–Crippen MR) is 82.0 cm³/mol. The summed E-state index contributed by atoms with van der Waals surface area (Å²) in [5.41, 5.74) is 6.70. The molecular weight excluding hydrogens is 306 g/mol. The quantitative estimate of drug-likeness (QED) is 0.854. The maximum atomic E-state index is 12.2. The number of amides is 1. The Morgan fingerprint density at radius 2 is 2.09 bits per heavy atom. The smallest absolute Gasteiger partial charge is 0.342 e. The molecule has 0 radical (unpaired) electrons. The number of para-hydroxylation sites is 1. The molecule has 6 nitrogen and oxygen atoms in total. The second-order valence-corrected chi connectivity index (χ2v) is 5.08. The van der Waals surface area contributed by atoms with Gasteiger partial charge in [-0.2, -0.15) is 5.10 Å². The number of carbonyl (C=O) groups excluding carboxylic acids is 2. The third-order valence-corrected chi connectivity index (χ3v) is 3.51. The van der Waals surface area contributed by atoms with Gasteiger partial charge in [-0.15, -0.1) is 0 Å². The Hall–Kier alpha value is -2.34. The van der Waals surface area contributed by atoms with E-state index in [-0.39, 0.29) is 5.56 Å². The molecule has 0 bridgehead atoms. The highest BCUT2D eigenvalue weighted by molar-refractivity contribution is 6.32. The lowest BCUT2D eigenvalue weighted by molar-refractivity contribution is -0.125. The van der Waals surface area contributed by atoms with E-state index in [1.807, 2.05) is 19.1 Å². The van der Waals surface area contributed by atoms with E-state index in [1.165, 1.54) is 13.1 Å². The van der Waals surface area contributed by atoms with E-state index in [0.717, 1.165) is 0 Å². The molecule has 2 N–H and O–H groups in total. The van der Waals surface area contributed by atoms with E-state index < -0.39 is 18.0 Å². The van der Waals surface area contributed by atoms with Crippen molar-refractivity contribution in [1.82, 2.24) is 9.78 Å². The van der Waals surface area contributed by atoms with Gasteiger partial charge in [0.15, 0.2) is 6.10 Å². The van der Waals surface area contributed by atoms with Crippen LogP contribution in [0.5, 0.6) is 0 Å². The molecular formula is C15H16ClN3O3. The van der Waals surface area contributed by atoms with Crippen molar-refractivity contribution in [3.63, 3.8) is 0 Å². The molecule has 1 aromatic heterocycles. The number of ether oxygens (including phenoxy) is 1. The fraction of sp³-hybridized carbons (Fsp3) is 0.267. The van der Waals surface area contributed by atoms with Crippen LogP contribution < -0.4 is 5.73 Å². The minimum Gasteiger partial charge on any atom is -0.449 e. The molecule has 0 saturated heterocycles. The summed E-state index contributed by atoms with van der Waals surface area (Å²) in [5.74, 6) is -1.34. The molecule has 2 rings (SSSR count). The van der Waals surface area contributed by atoms with E-state index in [0.29, 0.717) is 22.8 Å². The lowest BCUT2D eigenvalue weighted by atomic mass is 10.2. The minimum absolute atomic E-state index is 0.288. The molecule has 2 aromatic rings. The fourth-order valence-electron chi connectivity index (χ4n) is 2.00. The van der Waals surface area contributed by atoms with Crippen molar-refractivity contribution in [3.05, 3.63) is 46.7 Å². The van der Waals surface area contributed by atoms with Crippen LogP contribution in [0.4, 0.5) is 0 Å². The first-order valence-corrected chi connectivity index (χ1v) is 7.15. The first-order chi connectivity index (χ1) is 10.5. The molecule has 1 aromatic carbocycles. The van der Waals surface area contributed by atoms with Gasteiger partial charge in [0.2, 0.25) is 0 Å². The number of benzene rings is 1. The van der Waals surface area contributed by atoms with Gasteiger partial charge < -0.3 is 10.5 Å². The molecule has 1 heterocycles. The number of esters is 1. The van der Waals surface area contributed by atoms with Crippen LogP contribution in [-0.2, 0) is 16.0 Å². The summed E-state index contributed by atoms with van der Waals surface area (Å²) in [7, 11) is 0. The van der Waals surface area contributed by atoms with Crippen LogP contribution in [0.15, 0.2) is 30.5 Å². The van der Waals surface area contributed by atoms with Gasteiger partial charge in [0, 0.05) is 0 Å². The highest BCUT2D eigenvalue weighted by atomic mass is 35.5. The van der Waals surface area contributed by atoms with Crippen LogP contribution in [-0.4, -0.2) is 27.8 Å². The van der Waals surface area contributed by atoms with Crippen LogP contribution in [0, 0.1) is 0 Å². The van der Waals surface area contributed by atoms with Gasteiger partial charge in [-0.05, 0) is 25.5 Å². The number of rotatable bonds is 5. The fourth-order valence-corrected chi connectivity index (χ4v) is 2.21. The van der Waals surface area contributed by atoms with E-state index in [4.69, 9.17) is 22.1 Å². The maximum absolute atomic E-state index is 12.2. The highest BCUT2D eigenvalue weighted by Crippen LogP contribution is 2.23. The summed E-state index contributed by atoms with van der Waals surface area (Å²) in [6.07, 6.45) is 0.944. The topological polar surface area (TPSA) is 87.2 Å². The molecule has 1 atom stereocenters. The summed E-state index contributed by atoms with van der Waals surface area (Å²) in [6, 6.07) is 7.18. The van der Waals surface area contributed by atoms with Crippen molar-refractivity contribution in [1.29, 1.82) is 0 Å². The molecule has 0 fully saturated rings. The van der Waals surface area contributed by atoms with Crippen molar-refractivity contribution >= 4 is 23.5 Å². The van der Waals surface area contributed by atoms with Crippen LogP contribution in [0.25, 0.3) is 5.69 Å².